The number of aromatic carboxylic acids is 1. The number of carbonyl (C=O) groups is 1. The number of hydrogen-bond acceptors (Lipinski definition) is 5. The van der Waals surface area contributed by atoms with Crippen LogP contribution in [0.3, 0.4) is 0 Å². The summed E-state index contributed by atoms with van der Waals surface area (Å²) in [6, 6.07) is 9.63. The smallest absolute Gasteiger partial charge is 0.338 e. The van der Waals surface area contributed by atoms with Crippen LogP contribution in [0.1, 0.15) is 54.4 Å². The van der Waals surface area contributed by atoms with Gasteiger partial charge in [-0.2, -0.15) is 5.10 Å². The van der Waals surface area contributed by atoms with Gasteiger partial charge < -0.3 is 9.84 Å². The Morgan fingerprint density at radius 1 is 1.18 bits per heavy atom. The molecule has 3 aromatic rings. The van der Waals surface area contributed by atoms with Crippen molar-refractivity contribution in [1.82, 2.24) is 9.78 Å². The zero-order valence-corrected chi connectivity index (χ0v) is 19.7. The molecule has 1 aliphatic rings. The standard InChI is InChI=1S/C24H26FN3O5S/c1-15-3-5-16(6-4-15)17-7-9-18(10-8-17)28-14-19(13-26-28)34(31,32)27-22-12-21(25)20(24(29)30)11-23(22)33-2/h7-16,27H,3-6H2,1-2H3,(H,29,30)/t15-,16-. The quantitative estimate of drug-likeness (QED) is 0.495. The molecule has 0 saturated heterocycles. The van der Waals surface area contributed by atoms with E-state index >= 15 is 0 Å². The van der Waals surface area contributed by atoms with Gasteiger partial charge in [0.1, 0.15) is 16.5 Å². The lowest BCUT2D eigenvalue weighted by atomic mass is 9.79. The molecule has 2 aromatic carbocycles. The Morgan fingerprint density at radius 3 is 2.47 bits per heavy atom. The Bertz CT molecular complexity index is 1300. The van der Waals surface area contributed by atoms with Crippen LogP contribution in [0.4, 0.5) is 10.1 Å². The molecule has 1 saturated carbocycles. The monoisotopic (exact) mass is 487 g/mol. The molecular formula is C24H26FN3O5S. The van der Waals surface area contributed by atoms with Gasteiger partial charge >= 0.3 is 5.97 Å². The Kier molecular flexibility index (Phi) is 6.60. The first kappa shape index (κ1) is 23.7. The summed E-state index contributed by atoms with van der Waals surface area (Å²) in [5, 5.41) is 13.2. The van der Waals surface area contributed by atoms with Gasteiger partial charge in [0.2, 0.25) is 0 Å². The molecule has 1 fully saturated rings. The van der Waals surface area contributed by atoms with Gasteiger partial charge in [0.15, 0.2) is 0 Å². The Morgan fingerprint density at radius 2 is 1.85 bits per heavy atom. The normalized spacial score (nSPS) is 18.4. The van der Waals surface area contributed by atoms with E-state index in [1.807, 2.05) is 12.1 Å². The molecule has 1 heterocycles. The summed E-state index contributed by atoms with van der Waals surface area (Å²) in [5.74, 6) is -1.38. The SMILES string of the molecule is COc1cc(C(=O)O)c(F)cc1NS(=O)(=O)c1cnn(-c2ccc([C@H]3CC[C@H](C)CC3)cc2)c1. The molecule has 4 rings (SSSR count). The number of halogens is 1. The number of carboxylic acids is 1. The van der Waals surface area contributed by atoms with Gasteiger partial charge in [0.05, 0.1) is 36.4 Å². The minimum atomic E-state index is -4.14. The van der Waals surface area contributed by atoms with Crippen molar-refractivity contribution in [2.75, 3.05) is 11.8 Å². The fraction of sp³-hybridized carbons (Fsp3) is 0.333. The average molecular weight is 488 g/mol. The molecule has 1 aromatic heterocycles. The third-order valence-electron chi connectivity index (χ3n) is 6.28. The average Bonchev–Trinajstić information content (AvgIpc) is 3.31. The van der Waals surface area contributed by atoms with Crippen molar-refractivity contribution in [3.05, 3.63) is 65.7 Å². The first-order chi connectivity index (χ1) is 16.2. The van der Waals surface area contributed by atoms with Gasteiger partial charge in [-0.05, 0) is 48.4 Å². The fourth-order valence-corrected chi connectivity index (χ4v) is 5.24. The van der Waals surface area contributed by atoms with Gasteiger partial charge in [0.25, 0.3) is 10.0 Å². The highest BCUT2D eigenvalue weighted by atomic mass is 32.2. The molecule has 1 aliphatic carbocycles. The maximum Gasteiger partial charge on any atom is 0.338 e. The lowest BCUT2D eigenvalue weighted by molar-refractivity contribution is 0.0691. The van der Waals surface area contributed by atoms with Crippen LogP contribution in [0.5, 0.6) is 5.75 Å². The highest BCUT2D eigenvalue weighted by Gasteiger charge is 2.23. The summed E-state index contributed by atoms with van der Waals surface area (Å²) in [6.45, 7) is 2.29. The predicted octanol–water partition coefficient (Wildman–Crippen LogP) is 4.81. The predicted molar refractivity (Wildman–Crippen MR) is 125 cm³/mol. The largest absolute Gasteiger partial charge is 0.495 e. The molecule has 34 heavy (non-hydrogen) atoms. The Balaban J connectivity index is 1.53. The maximum atomic E-state index is 14.1. The number of hydrogen-bond donors (Lipinski definition) is 2. The van der Waals surface area contributed by atoms with Crippen molar-refractivity contribution in [2.24, 2.45) is 5.92 Å². The van der Waals surface area contributed by atoms with E-state index in [4.69, 9.17) is 9.84 Å². The second-order valence-corrected chi connectivity index (χ2v) is 10.3. The summed E-state index contributed by atoms with van der Waals surface area (Å²) in [7, 11) is -2.91. The fourth-order valence-electron chi connectivity index (χ4n) is 4.25. The van der Waals surface area contributed by atoms with Crippen molar-refractivity contribution in [3.8, 4) is 11.4 Å². The Labute approximate surface area is 197 Å². The zero-order valence-electron chi connectivity index (χ0n) is 18.9. The summed E-state index contributed by atoms with van der Waals surface area (Å²) in [6.07, 6.45) is 7.35. The van der Waals surface area contributed by atoms with Gasteiger partial charge in [-0.25, -0.2) is 22.3 Å². The van der Waals surface area contributed by atoms with Crippen molar-refractivity contribution < 1.29 is 27.4 Å². The van der Waals surface area contributed by atoms with Crippen molar-refractivity contribution >= 4 is 21.7 Å². The molecule has 0 amide bonds. The third-order valence-corrected chi connectivity index (χ3v) is 7.60. The van der Waals surface area contributed by atoms with Gasteiger partial charge in [-0.15, -0.1) is 0 Å². The van der Waals surface area contributed by atoms with E-state index in [1.165, 1.54) is 55.4 Å². The molecule has 0 radical (unpaired) electrons. The number of rotatable bonds is 7. The first-order valence-corrected chi connectivity index (χ1v) is 12.4. The number of benzene rings is 2. The lowest BCUT2D eigenvalue weighted by Gasteiger charge is -2.26. The van der Waals surface area contributed by atoms with Crippen LogP contribution in [0, 0.1) is 11.7 Å². The number of ether oxygens (including phenoxy) is 1. The molecule has 0 atom stereocenters. The molecular weight excluding hydrogens is 461 g/mol. The van der Waals surface area contributed by atoms with Crippen LogP contribution in [0.25, 0.3) is 5.69 Å². The Hall–Kier alpha value is -3.40. The minimum absolute atomic E-state index is 0.123. The molecule has 10 heteroatoms. The minimum Gasteiger partial charge on any atom is -0.495 e. The van der Waals surface area contributed by atoms with E-state index in [0.717, 1.165) is 18.1 Å². The van der Waals surface area contributed by atoms with Crippen LogP contribution in [0.15, 0.2) is 53.7 Å². The van der Waals surface area contributed by atoms with Crippen molar-refractivity contribution in [3.63, 3.8) is 0 Å². The van der Waals surface area contributed by atoms with E-state index in [9.17, 15) is 17.6 Å². The van der Waals surface area contributed by atoms with Crippen LogP contribution in [-0.2, 0) is 10.0 Å². The van der Waals surface area contributed by atoms with Crippen LogP contribution >= 0.6 is 0 Å². The van der Waals surface area contributed by atoms with Gasteiger partial charge in [-0.1, -0.05) is 31.9 Å². The van der Waals surface area contributed by atoms with E-state index in [-0.39, 0.29) is 16.3 Å². The van der Waals surface area contributed by atoms with Crippen molar-refractivity contribution in [1.29, 1.82) is 0 Å². The molecule has 0 aliphatic heterocycles. The van der Waals surface area contributed by atoms with Crippen LogP contribution in [0.2, 0.25) is 0 Å². The molecule has 2 N–H and O–H groups in total. The van der Waals surface area contributed by atoms with Gasteiger partial charge in [-0.3, -0.25) is 4.72 Å². The number of nitrogens with zero attached hydrogens (tertiary/aromatic N) is 2. The summed E-state index contributed by atoms with van der Waals surface area (Å²) < 4.78 is 48.6. The number of methoxy groups -OCH3 is 1. The van der Waals surface area contributed by atoms with Gasteiger partial charge in [0, 0.05) is 6.07 Å². The molecule has 0 spiro atoms. The second kappa shape index (κ2) is 9.46. The van der Waals surface area contributed by atoms with Crippen LogP contribution in [-0.4, -0.2) is 36.4 Å². The number of nitrogens with one attached hydrogen (secondary N) is 1. The molecule has 180 valence electrons. The lowest BCUT2D eigenvalue weighted by Crippen LogP contribution is -2.14. The zero-order chi connectivity index (χ0) is 24.5. The number of anilines is 1. The van der Waals surface area contributed by atoms with E-state index in [0.29, 0.717) is 11.6 Å². The number of aromatic nitrogens is 2. The van der Waals surface area contributed by atoms with Crippen LogP contribution < -0.4 is 9.46 Å². The van der Waals surface area contributed by atoms with E-state index in [2.05, 4.69) is 28.9 Å². The molecule has 0 bridgehead atoms. The highest BCUT2D eigenvalue weighted by Crippen LogP contribution is 2.36. The maximum absolute atomic E-state index is 14.1. The topological polar surface area (TPSA) is 111 Å². The van der Waals surface area contributed by atoms with E-state index in [1.54, 1.807) is 0 Å². The number of carboxylic acid groups (broad SMARTS) is 1. The van der Waals surface area contributed by atoms with Crippen molar-refractivity contribution in [2.45, 2.75) is 43.4 Å². The number of sulfonamides is 1. The first-order valence-electron chi connectivity index (χ1n) is 11.0. The molecule has 8 nitrogen and oxygen atoms in total. The highest BCUT2D eigenvalue weighted by molar-refractivity contribution is 7.92. The van der Waals surface area contributed by atoms with E-state index < -0.39 is 27.4 Å². The summed E-state index contributed by atoms with van der Waals surface area (Å²) >= 11 is 0. The summed E-state index contributed by atoms with van der Waals surface area (Å²) in [4.78, 5) is 11.0. The molecule has 0 unspecified atom stereocenters. The third kappa shape index (κ3) is 4.91. The second-order valence-electron chi connectivity index (χ2n) is 8.61. The summed E-state index contributed by atoms with van der Waals surface area (Å²) in [5.41, 5.74) is 1.14.